The molecule has 2 heterocycles. The average Bonchev–Trinajstić information content (AvgIpc) is 2.53. The zero-order valence-electron chi connectivity index (χ0n) is 14.1. The Balaban J connectivity index is 1.89. The molecule has 3 rings (SSSR count). The van der Waals surface area contributed by atoms with E-state index in [2.05, 4.69) is 17.1 Å². The molecule has 4 heteroatoms. The van der Waals surface area contributed by atoms with E-state index in [9.17, 15) is 4.79 Å². The predicted molar refractivity (Wildman–Crippen MR) is 91.3 cm³/mol. The van der Waals surface area contributed by atoms with Crippen molar-refractivity contribution in [2.24, 2.45) is 0 Å². The van der Waals surface area contributed by atoms with E-state index < -0.39 is 5.60 Å². The normalized spacial score (nSPS) is 18.9. The number of hydrogen-bond donors (Lipinski definition) is 0. The maximum Gasteiger partial charge on any atom is 0.410 e. The summed E-state index contributed by atoms with van der Waals surface area (Å²) in [6, 6.07) is 10.3. The summed E-state index contributed by atoms with van der Waals surface area (Å²) in [6.45, 7) is 6.46. The van der Waals surface area contributed by atoms with E-state index >= 15 is 0 Å². The largest absolute Gasteiger partial charge is 0.444 e. The second-order valence-electron chi connectivity index (χ2n) is 7.15. The molecule has 0 N–H and O–H groups in total. The Morgan fingerprint density at radius 2 is 2.04 bits per heavy atom. The number of para-hydroxylation sites is 1. The third kappa shape index (κ3) is 3.63. The van der Waals surface area contributed by atoms with Crippen LogP contribution in [0, 0.1) is 0 Å². The number of likely N-dealkylation sites (tertiary alicyclic amines) is 1. The minimum absolute atomic E-state index is 0.0516. The number of amides is 1. The van der Waals surface area contributed by atoms with Crippen molar-refractivity contribution in [2.75, 3.05) is 6.54 Å². The molecule has 1 aliphatic rings. The van der Waals surface area contributed by atoms with Gasteiger partial charge in [-0.1, -0.05) is 18.2 Å². The SMILES string of the molecule is CC(C)(C)OC(=O)N1CCCCC1c1cnc2ccccc2c1. The quantitative estimate of drug-likeness (QED) is 0.766. The standard InChI is InChI=1S/C19H24N2O2/c1-19(2,3)23-18(22)21-11-7-6-10-17(21)15-12-14-8-4-5-9-16(14)20-13-15/h4-5,8-9,12-13,17H,6-7,10-11H2,1-3H3. The van der Waals surface area contributed by atoms with Gasteiger partial charge >= 0.3 is 6.09 Å². The molecular weight excluding hydrogens is 288 g/mol. The van der Waals surface area contributed by atoms with Gasteiger partial charge in [-0.3, -0.25) is 4.98 Å². The van der Waals surface area contributed by atoms with Crippen LogP contribution in [0.5, 0.6) is 0 Å². The van der Waals surface area contributed by atoms with Crippen molar-refractivity contribution in [2.45, 2.75) is 51.7 Å². The van der Waals surface area contributed by atoms with Crippen LogP contribution in [0.15, 0.2) is 36.5 Å². The maximum atomic E-state index is 12.5. The first kappa shape index (κ1) is 15.8. The highest BCUT2D eigenvalue weighted by Crippen LogP contribution is 2.33. The van der Waals surface area contributed by atoms with Crippen LogP contribution in [0.3, 0.4) is 0 Å². The Hall–Kier alpha value is -2.10. The van der Waals surface area contributed by atoms with Gasteiger partial charge in [-0.15, -0.1) is 0 Å². The molecule has 23 heavy (non-hydrogen) atoms. The first-order valence-corrected chi connectivity index (χ1v) is 8.28. The van der Waals surface area contributed by atoms with Gasteiger partial charge in [-0.05, 0) is 57.7 Å². The Morgan fingerprint density at radius 1 is 1.26 bits per heavy atom. The number of pyridine rings is 1. The number of aromatic nitrogens is 1. The number of hydrogen-bond acceptors (Lipinski definition) is 3. The summed E-state index contributed by atoms with van der Waals surface area (Å²) in [5.41, 5.74) is 1.60. The van der Waals surface area contributed by atoms with E-state index in [1.807, 2.05) is 50.1 Å². The van der Waals surface area contributed by atoms with E-state index in [0.29, 0.717) is 0 Å². The molecule has 1 aromatic heterocycles. The van der Waals surface area contributed by atoms with Gasteiger partial charge in [0.2, 0.25) is 0 Å². The number of carbonyl (C=O) groups excluding carboxylic acids is 1. The lowest BCUT2D eigenvalue weighted by molar-refractivity contribution is 0.00950. The Labute approximate surface area is 137 Å². The van der Waals surface area contributed by atoms with Crippen molar-refractivity contribution in [3.63, 3.8) is 0 Å². The molecule has 0 radical (unpaired) electrons. The predicted octanol–water partition coefficient (Wildman–Crippen LogP) is 4.70. The van der Waals surface area contributed by atoms with E-state index in [1.165, 1.54) is 0 Å². The third-order valence-electron chi connectivity index (χ3n) is 4.13. The molecular formula is C19H24N2O2. The van der Waals surface area contributed by atoms with Gasteiger partial charge in [0.15, 0.2) is 0 Å². The van der Waals surface area contributed by atoms with Gasteiger partial charge in [0.1, 0.15) is 5.60 Å². The number of carbonyl (C=O) groups is 1. The van der Waals surface area contributed by atoms with Gasteiger partial charge in [0, 0.05) is 18.1 Å². The van der Waals surface area contributed by atoms with E-state index in [4.69, 9.17) is 4.74 Å². The van der Waals surface area contributed by atoms with Crippen molar-refractivity contribution >= 4 is 17.0 Å². The zero-order valence-corrected chi connectivity index (χ0v) is 14.1. The molecule has 0 spiro atoms. The van der Waals surface area contributed by atoms with Crippen molar-refractivity contribution in [1.29, 1.82) is 0 Å². The highest BCUT2D eigenvalue weighted by Gasteiger charge is 2.31. The van der Waals surface area contributed by atoms with Crippen molar-refractivity contribution < 1.29 is 9.53 Å². The third-order valence-corrected chi connectivity index (χ3v) is 4.13. The fraction of sp³-hybridized carbons (Fsp3) is 0.474. The molecule has 1 fully saturated rings. The number of ether oxygens (including phenoxy) is 1. The van der Waals surface area contributed by atoms with Crippen LogP contribution < -0.4 is 0 Å². The Kier molecular flexibility index (Phi) is 4.24. The molecule has 0 bridgehead atoms. The van der Waals surface area contributed by atoms with Gasteiger partial charge in [0.25, 0.3) is 0 Å². The molecule has 1 aliphatic heterocycles. The lowest BCUT2D eigenvalue weighted by Crippen LogP contribution is -2.41. The van der Waals surface area contributed by atoms with Crippen molar-refractivity contribution in [3.8, 4) is 0 Å². The molecule has 0 saturated carbocycles. The van der Waals surface area contributed by atoms with Crippen LogP contribution in [0.2, 0.25) is 0 Å². The van der Waals surface area contributed by atoms with Crippen molar-refractivity contribution in [1.82, 2.24) is 9.88 Å². The topological polar surface area (TPSA) is 42.4 Å². The molecule has 0 aliphatic carbocycles. The van der Waals surface area contributed by atoms with Crippen LogP contribution >= 0.6 is 0 Å². The number of benzene rings is 1. The summed E-state index contributed by atoms with van der Waals surface area (Å²) in [5.74, 6) is 0. The van der Waals surface area contributed by atoms with Crippen LogP contribution in [0.25, 0.3) is 10.9 Å². The Bertz CT molecular complexity index is 706. The van der Waals surface area contributed by atoms with Crippen LogP contribution in [0.1, 0.15) is 51.6 Å². The van der Waals surface area contributed by atoms with Crippen LogP contribution in [-0.2, 0) is 4.74 Å². The number of nitrogens with zero attached hydrogens (tertiary/aromatic N) is 2. The number of fused-ring (bicyclic) bond motifs is 1. The van der Waals surface area contributed by atoms with Gasteiger partial charge in [-0.25, -0.2) is 4.79 Å². The molecule has 1 saturated heterocycles. The van der Waals surface area contributed by atoms with Crippen LogP contribution in [-0.4, -0.2) is 28.1 Å². The molecule has 1 aromatic carbocycles. The lowest BCUT2D eigenvalue weighted by Gasteiger charge is -2.37. The van der Waals surface area contributed by atoms with Gasteiger partial charge in [0.05, 0.1) is 11.6 Å². The molecule has 4 nitrogen and oxygen atoms in total. The summed E-state index contributed by atoms with van der Waals surface area (Å²) in [7, 11) is 0. The van der Waals surface area contributed by atoms with Crippen LogP contribution in [0.4, 0.5) is 4.79 Å². The van der Waals surface area contributed by atoms with E-state index in [-0.39, 0.29) is 12.1 Å². The molecule has 122 valence electrons. The second-order valence-corrected chi connectivity index (χ2v) is 7.15. The summed E-state index contributed by atoms with van der Waals surface area (Å²) >= 11 is 0. The monoisotopic (exact) mass is 312 g/mol. The highest BCUT2D eigenvalue weighted by molar-refractivity contribution is 5.79. The lowest BCUT2D eigenvalue weighted by atomic mass is 9.96. The fourth-order valence-electron chi connectivity index (χ4n) is 3.09. The maximum absolute atomic E-state index is 12.5. The summed E-state index contributed by atoms with van der Waals surface area (Å²) < 4.78 is 5.58. The number of piperidine rings is 1. The highest BCUT2D eigenvalue weighted by atomic mass is 16.6. The molecule has 1 amide bonds. The average molecular weight is 312 g/mol. The van der Waals surface area contributed by atoms with E-state index in [0.717, 1.165) is 42.3 Å². The zero-order chi connectivity index (χ0) is 16.4. The minimum Gasteiger partial charge on any atom is -0.444 e. The van der Waals surface area contributed by atoms with Crippen molar-refractivity contribution in [3.05, 3.63) is 42.1 Å². The summed E-state index contributed by atoms with van der Waals surface area (Å²) in [5, 5.41) is 1.11. The molecule has 1 unspecified atom stereocenters. The molecule has 2 aromatic rings. The second kappa shape index (κ2) is 6.19. The number of rotatable bonds is 1. The van der Waals surface area contributed by atoms with Gasteiger partial charge in [-0.2, -0.15) is 0 Å². The minimum atomic E-state index is -0.472. The van der Waals surface area contributed by atoms with E-state index in [1.54, 1.807) is 0 Å². The first-order chi connectivity index (χ1) is 10.9. The Morgan fingerprint density at radius 3 is 2.83 bits per heavy atom. The summed E-state index contributed by atoms with van der Waals surface area (Å²) in [6.07, 6.45) is 4.78. The van der Waals surface area contributed by atoms with Gasteiger partial charge < -0.3 is 9.64 Å². The fourth-order valence-corrected chi connectivity index (χ4v) is 3.09. The molecule has 1 atom stereocenters. The smallest absolute Gasteiger partial charge is 0.410 e. The summed E-state index contributed by atoms with van der Waals surface area (Å²) in [4.78, 5) is 19.0. The first-order valence-electron chi connectivity index (χ1n) is 8.28.